The maximum Gasteiger partial charge on any atom is 0.416 e. The molecular weight excluding hydrogens is 435 g/mol. The van der Waals surface area contributed by atoms with E-state index in [2.05, 4.69) is 9.88 Å². The summed E-state index contributed by atoms with van der Waals surface area (Å²) in [6, 6.07) is 2.35. The molecule has 5 nitrogen and oxygen atoms in total. The Bertz CT molecular complexity index is 939. The van der Waals surface area contributed by atoms with E-state index in [1.807, 2.05) is 12.3 Å². The zero-order valence-electron chi connectivity index (χ0n) is 15.0. The molecule has 0 unspecified atom stereocenters. The Morgan fingerprint density at radius 1 is 1.21 bits per heavy atom. The Labute approximate surface area is 170 Å². The lowest BCUT2D eigenvalue weighted by Gasteiger charge is -2.33. The zero-order valence-corrected chi connectivity index (χ0v) is 17.4. The monoisotopic (exact) mass is 453 g/mol. The zero-order chi connectivity index (χ0) is 20.5. The molecule has 1 fully saturated rings. The van der Waals surface area contributed by atoms with Gasteiger partial charge in [-0.05, 0) is 24.6 Å². The summed E-state index contributed by atoms with van der Waals surface area (Å²) >= 11 is 7.51. The summed E-state index contributed by atoms with van der Waals surface area (Å²) in [5, 5.41) is 2.82. The first-order valence-electron chi connectivity index (χ1n) is 8.64. The maximum absolute atomic E-state index is 13.0. The number of hydrogen-bond donors (Lipinski definition) is 0. The first-order valence-corrected chi connectivity index (χ1v) is 11.3. The van der Waals surface area contributed by atoms with Crippen molar-refractivity contribution in [3.05, 3.63) is 44.9 Å². The third-order valence-electron chi connectivity index (χ3n) is 4.49. The Balaban J connectivity index is 1.71. The van der Waals surface area contributed by atoms with E-state index in [0.29, 0.717) is 25.7 Å². The van der Waals surface area contributed by atoms with Crippen molar-refractivity contribution in [1.82, 2.24) is 14.2 Å². The molecule has 1 aliphatic rings. The second-order valence-corrected chi connectivity index (χ2v) is 9.67. The van der Waals surface area contributed by atoms with Crippen LogP contribution in [0.25, 0.3) is 0 Å². The van der Waals surface area contributed by atoms with Crippen molar-refractivity contribution in [3.8, 4) is 0 Å². The molecule has 28 heavy (non-hydrogen) atoms. The summed E-state index contributed by atoms with van der Waals surface area (Å²) in [5.41, 5.74) is -0.0940. The van der Waals surface area contributed by atoms with Crippen LogP contribution in [0, 0.1) is 0 Å². The molecule has 1 aromatic carbocycles. The van der Waals surface area contributed by atoms with Gasteiger partial charge in [0.1, 0.15) is 4.90 Å². The molecule has 2 aromatic rings. The van der Waals surface area contributed by atoms with Gasteiger partial charge in [0.05, 0.1) is 21.3 Å². The Hall–Kier alpha value is -1.20. The van der Waals surface area contributed by atoms with E-state index in [-0.39, 0.29) is 18.1 Å². The molecule has 154 valence electrons. The van der Waals surface area contributed by atoms with Crippen LogP contribution in [-0.4, -0.2) is 48.8 Å². The molecule has 1 aliphatic heterocycles. The normalized spacial score (nSPS) is 17.2. The van der Waals surface area contributed by atoms with Crippen LogP contribution in [0.3, 0.4) is 0 Å². The standard InChI is InChI=1S/C17H19ClF3N3O2S2/c1-2-16-22-13(11-27-16)10-23-5-7-24(8-6-23)28(25,26)15-9-12(17(19,20)21)3-4-14(15)18/h3-4,9,11H,2,5-8,10H2,1H3. The number of alkyl halides is 3. The molecule has 1 saturated heterocycles. The van der Waals surface area contributed by atoms with Crippen molar-refractivity contribution in [2.45, 2.75) is 31.0 Å². The van der Waals surface area contributed by atoms with E-state index in [9.17, 15) is 21.6 Å². The molecule has 0 atom stereocenters. The van der Waals surface area contributed by atoms with Gasteiger partial charge in [-0.1, -0.05) is 18.5 Å². The van der Waals surface area contributed by atoms with E-state index in [1.54, 1.807) is 11.3 Å². The third-order valence-corrected chi connectivity index (χ3v) is 7.92. The second kappa shape index (κ2) is 8.27. The third kappa shape index (κ3) is 4.68. The highest BCUT2D eigenvalue weighted by molar-refractivity contribution is 7.89. The molecule has 0 N–H and O–H groups in total. The highest BCUT2D eigenvalue weighted by atomic mass is 35.5. The molecule has 11 heteroatoms. The Kier molecular flexibility index (Phi) is 6.35. The number of sulfonamides is 1. The van der Waals surface area contributed by atoms with Gasteiger partial charge in [-0.25, -0.2) is 13.4 Å². The largest absolute Gasteiger partial charge is 0.416 e. The van der Waals surface area contributed by atoms with Crippen LogP contribution in [-0.2, 0) is 29.2 Å². The lowest BCUT2D eigenvalue weighted by Crippen LogP contribution is -2.48. The van der Waals surface area contributed by atoms with E-state index in [1.165, 1.54) is 4.31 Å². The molecule has 2 heterocycles. The van der Waals surface area contributed by atoms with Crippen molar-refractivity contribution >= 4 is 33.0 Å². The van der Waals surface area contributed by atoms with E-state index >= 15 is 0 Å². The minimum absolute atomic E-state index is 0.180. The van der Waals surface area contributed by atoms with Gasteiger partial charge < -0.3 is 0 Å². The highest BCUT2D eigenvalue weighted by Gasteiger charge is 2.35. The molecule has 0 amide bonds. The molecule has 0 bridgehead atoms. The van der Waals surface area contributed by atoms with Gasteiger partial charge in [-0.3, -0.25) is 4.90 Å². The van der Waals surface area contributed by atoms with Crippen molar-refractivity contribution in [1.29, 1.82) is 0 Å². The number of rotatable bonds is 5. The van der Waals surface area contributed by atoms with Crippen LogP contribution in [0.15, 0.2) is 28.5 Å². The maximum atomic E-state index is 13.0. The number of piperazine rings is 1. The second-order valence-electron chi connectivity index (χ2n) is 6.41. The molecule has 0 saturated carbocycles. The summed E-state index contributed by atoms with van der Waals surface area (Å²) in [4.78, 5) is 6.07. The van der Waals surface area contributed by atoms with Gasteiger partial charge in [0.15, 0.2) is 0 Å². The predicted molar refractivity (Wildman–Crippen MR) is 102 cm³/mol. The van der Waals surface area contributed by atoms with Gasteiger partial charge in [-0.2, -0.15) is 17.5 Å². The molecule has 0 radical (unpaired) electrons. The van der Waals surface area contributed by atoms with Crippen LogP contribution >= 0.6 is 22.9 Å². The summed E-state index contributed by atoms with van der Waals surface area (Å²) in [7, 11) is -4.11. The first-order chi connectivity index (χ1) is 13.1. The number of aromatic nitrogens is 1. The van der Waals surface area contributed by atoms with Gasteiger partial charge in [0.25, 0.3) is 0 Å². The number of nitrogens with zero attached hydrogens (tertiary/aromatic N) is 3. The van der Waals surface area contributed by atoms with Crippen LogP contribution in [0.2, 0.25) is 5.02 Å². The summed E-state index contributed by atoms with van der Waals surface area (Å²) in [5.74, 6) is 0. The van der Waals surface area contributed by atoms with Gasteiger partial charge in [-0.15, -0.1) is 11.3 Å². The molecular formula is C17H19ClF3N3O2S2. The number of thiazole rings is 1. The summed E-state index contributed by atoms with van der Waals surface area (Å²) in [6.45, 7) is 3.95. The number of benzene rings is 1. The quantitative estimate of drug-likeness (QED) is 0.689. The van der Waals surface area contributed by atoms with Crippen LogP contribution < -0.4 is 0 Å². The number of hydrogen-bond acceptors (Lipinski definition) is 5. The van der Waals surface area contributed by atoms with Crippen LogP contribution in [0.4, 0.5) is 13.2 Å². The fraction of sp³-hybridized carbons (Fsp3) is 0.471. The SMILES string of the molecule is CCc1nc(CN2CCN(S(=O)(=O)c3cc(C(F)(F)F)ccc3Cl)CC2)cs1. The first kappa shape index (κ1) is 21.5. The molecule has 3 rings (SSSR count). The van der Waals surface area contributed by atoms with E-state index in [4.69, 9.17) is 11.6 Å². The Morgan fingerprint density at radius 3 is 2.46 bits per heavy atom. The van der Waals surface area contributed by atoms with Crippen molar-refractivity contribution in [2.75, 3.05) is 26.2 Å². The molecule has 0 spiro atoms. The van der Waals surface area contributed by atoms with Gasteiger partial charge in [0.2, 0.25) is 10.0 Å². The number of aryl methyl sites for hydroxylation is 1. The van der Waals surface area contributed by atoms with E-state index in [0.717, 1.165) is 29.3 Å². The fourth-order valence-electron chi connectivity index (χ4n) is 2.96. The van der Waals surface area contributed by atoms with Gasteiger partial charge >= 0.3 is 6.18 Å². The lowest BCUT2D eigenvalue weighted by molar-refractivity contribution is -0.137. The van der Waals surface area contributed by atoms with Crippen LogP contribution in [0.5, 0.6) is 0 Å². The number of halogens is 4. The van der Waals surface area contributed by atoms with Gasteiger partial charge in [0, 0.05) is 38.1 Å². The van der Waals surface area contributed by atoms with Crippen molar-refractivity contribution in [2.24, 2.45) is 0 Å². The smallest absolute Gasteiger partial charge is 0.295 e. The topological polar surface area (TPSA) is 53.5 Å². The van der Waals surface area contributed by atoms with E-state index < -0.39 is 26.7 Å². The van der Waals surface area contributed by atoms with Crippen molar-refractivity contribution in [3.63, 3.8) is 0 Å². The minimum atomic E-state index is -4.64. The fourth-order valence-corrected chi connectivity index (χ4v) is 5.62. The Morgan fingerprint density at radius 2 is 1.89 bits per heavy atom. The molecule has 1 aromatic heterocycles. The van der Waals surface area contributed by atoms with Crippen LogP contribution in [0.1, 0.15) is 23.2 Å². The summed E-state index contributed by atoms with van der Waals surface area (Å²) in [6.07, 6.45) is -3.77. The lowest BCUT2D eigenvalue weighted by atomic mass is 10.2. The average molecular weight is 454 g/mol. The molecule has 0 aliphatic carbocycles. The minimum Gasteiger partial charge on any atom is -0.295 e. The summed E-state index contributed by atoms with van der Waals surface area (Å²) < 4.78 is 65.7. The average Bonchev–Trinajstić information content (AvgIpc) is 3.09. The predicted octanol–water partition coefficient (Wildman–Crippen LogP) is 3.88. The highest BCUT2D eigenvalue weighted by Crippen LogP contribution is 2.34. The van der Waals surface area contributed by atoms with Crippen molar-refractivity contribution < 1.29 is 21.6 Å².